The number of rotatable bonds is 8. The van der Waals surface area contributed by atoms with E-state index in [-0.39, 0.29) is 5.56 Å². The number of esters is 1. The van der Waals surface area contributed by atoms with Gasteiger partial charge in [0.25, 0.3) is 5.91 Å². The second-order valence-corrected chi connectivity index (χ2v) is 5.02. The van der Waals surface area contributed by atoms with E-state index in [2.05, 4.69) is 17.0 Å². The summed E-state index contributed by atoms with van der Waals surface area (Å²) in [6.45, 7) is 2.07. The SMILES string of the molecule is CCCCCC[C@H](NC(=O)c1ccc(F)cc1F)C(=O)OC. The van der Waals surface area contributed by atoms with Gasteiger partial charge in [-0.25, -0.2) is 13.6 Å². The molecule has 0 saturated heterocycles. The largest absolute Gasteiger partial charge is 0.467 e. The average Bonchev–Trinajstić information content (AvgIpc) is 2.49. The predicted octanol–water partition coefficient (Wildman–Crippen LogP) is 3.21. The standard InChI is InChI=1S/C16H21F2NO3/c1-3-4-5-6-7-14(16(21)22-2)19-15(20)12-9-8-11(17)10-13(12)18/h8-10,14H,3-7H2,1-2H3,(H,19,20)/t14-/m0/s1. The van der Waals surface area contributed by atoms with Crippen molar-refractivity contribution in [2.24, 2.45) is 0 Å². The minimum Gasteiger partial charge on any atom is -0.467 e. The monoisotopic (exact) mass is 313 g/mol. The van der Waals surface area contributed by atoms with Gasteiger partial charge in [-0.1, -0.05) is 32.6 Å². The van der Waals surface area contributed by atoms with Crippen molar-refractivity contribution in [1.82, 2.24) is 5.32 Å². The van der Waals surface area contributed by atoms with Crippen molar-refractivity contribution in [2.75, 3.05) is 7.11 Å². The molecule has 6 heteroatoms. The number of carbonyl (C=O) groups excluding carboxylic acids is 2. The molecule has 0 aliphatic heterocycles. The van der Waals surface area contributed by atoms with Gasteiger partial charge in [0.2, 0.25) is 0 Å². The first-order valence-electron chi connectivity index (χ1n) is 7.33. The fraction of sp³-hybridized carbons (Fsp3) is 0.500. The Kier molecular flexibility index (Phi) is 7.49. The normalized spacial score (nSPS) is 11.8. The van der Waals surface area contributed by atoms with Gasteiger partial charge < -0.3 is 10.1 Å². The highest BCUT2D eigenvalue weighted by atomic mass is 19.1. The topological polar surface area (TPSA) is 55.4 Å². The molecule has 1 atom stereocenters. The number of hydrogen-bond donors (Lipinski definition) is 1. The lowest BCUT2D eigenvalue weighted by atomic mass is 10.1. The zero-order valence-corrected chi connectivity index (χ0v) is 12.8. The van der Waals surface area contributed by atoms with Gasteiger partial charge in [0.1, 0.15) is 17.7 Å². The Labute approximate surface area is 128 Å². The van der Waals surface area contributed by atoms with E-state index in [0.717, 1.165) is 37.8 Å². The number of ether oxygens (including phenoxy) is 1. The van der Waals surface area contributed by atoms with Crippen LogP contribution in [0.15, 0.2) is 18.2 Å². The molecular weight excluding hydrogens is 292 g/mol. The molecule has 0 aliphatic rings. The molecular formula is C16H21F2NO3. The molecule has 0 saturated carbocycles. The molecule has 0 bridgehead atoms. The van der Waals surface area contributed by atoms with E-state index in [1.807, 2.05) is 0 Å². The van der Waals surface area contributed by atoms with Crippen LogP contribution in [0.4, 0.5) is 8.78 Å². The summed E-state index contributed by atoms with van der Waals surface area (Å²) < 4.78 is 31.1. The number of hydrogen-bond acceptors (Lipinski definition) is 3. The molecule has 1 N–H and O–H groups in total. The Morgan fingerprint density at radius 1 is 1.23 bits per heavy atom. The second kappa shape index (κ2) is 9.12. The average molecular weight is 313 g/mol. The molecule has 0 radical (unpaired) electrons. The summed E-state index contributed by atoms with van der Waals surface area (Å²) in [4.78, 5) is 23.7. The zero-order valence-electron chi connectivity index (χ0n) is 12.8. The van der Waals surface area contributed by atoms with E-state index >= 15 is 0 Å². The number of methoxy groups -OCH3 is 1. The lowest BCUT2D eigenvalue weighted by Crippen LogP contribution is -2.41. The number of unbranched alkanes of at least 4 members (excludes halogenated alkanes) is 3. The number of amides is 1. The van der Waals surface area contributed by atoms with Crippen molar-refractivity contribution in [2.45, 2.75) is 45.1 Å². The van der Waals surface area contributed by atoms with E-state index in [0.29, 0.717) is 12.5 Å². The molecule has 0 aromatic heterocycles. The molecule has 1 rings (SSSR count). The summed E-state index contributed by atoms with van der Waals surface area (Å²) in [6.07, 6.45) is 4.19. The third-order valence-electron chi connectivity index (χ3n) is 3.31. The van der Waals surface area contributed by atoms with Crippen LogP contribution in [0.25, 0.3) is 0 Å². The molecule has 1 aromatic rings. The third kappa shape index (κ3) is 5.42. The predicted molar refractivity (Wildman–Crippen MR) is 78.4 cm³/mol. The van der Waals surface area contributed by atoms with Crippen LogP contribution >= 0.6 is 0 Å². The van der Waals surface area contributed by atoms with Crippen molar-refractivity contribution in [3.63, 3.8) is 0 Å². The highest BCUT2D eigenvalue weighted by Crippen LogP contribution is 2.12. The summed E-state index contributed by atoms with van der Waals surface area (Å²) in [5.41, 5.74) is -0.302. The van der Waals surface area contributed by atoms with Crippen LogP contribution in [0.3, 0.4) is 0 Å². The molecule has 0 heterocycles. The van der Waals surface area contributed by atoms with Crippen LogP contribution in [0.5, 0.6) is 0 Å². The van der Waals surface area contributed by atoms with Crippen LogP contribution in [0.1, 0.15) is 49.4 Å². The molecule has 22 heavy (non-hydrogen) atoms. The molecule has 1 amide bonds. The molecule has 0 spiro atoms. The maximum absolute atomic E-state index is 13.6. The quantitative estimate of drug-likeness (QED) is 0.592. The smallest absolute Gasteiger partial charge is 0.328 e. The van der Waals surface area contributed by atoms with Crippen molar-refractivity contribution in [1.29, 1.82) is 0 Å². The van der Waals surface area contributed by atoms with Gasteiger partial charge in [-0.3, -0.25) is 4.79 Å². The highest BCUT2D eigenvalue weighted by molar-refractivity contribution is 5.96. The Hall–Kier alpha value is -1.98. The summed E-state index contributed by atoms with van der Waals surface area (Å²) in [5, 5.41) is 2.45. The Morgan fingerprint density at radius 2 is 1.95 bits per heavy atom. The molecule has 122 valence electrons. The van der Waals surface area contributed by atoms with Gasteiger partial charge in [0.15, 0.2) is 0 Å². The van der Waals surface area contributed by atoms with E-state index in [1.165, 1.54) is 7.11 Å². The molecule has 1 aromatic carbocycles. The van der Waals surface area contributed by atoms with Crippen molar-refractivity contribution < 1.29 is 23.1 Å². The first-order chi connectivity index (χ1) is 10.5. The molecule has 0 unspecified atom stereocenters. The Balaban J connectivity index is 2.71. The van der Waals surface area contributed by atoms with Crippen LogP contribution in [-0.4, -0.2) is 25.0 Å². The van der Waals surface area contributed by atoms with Crippen LogP contribution in [0, 0.1) is 11.6 Å². The van der Waals surface area contributed by atoms with E-state index in [9.17, 15) is 18.4 Å². The summed E-state index contributed by atoms with van der Waals surface area (Å²) in [7, 11) is 1.23. The van der Waals surface area contributed by atoms with Gasteiger partial charge in [-0.15, -0.1) is 0 Å². The fourth-order valence-corrected chi connectivity index (χ4v) is 2.08. The van der Waals surface area contributed by atoms with Crippen molar-refractivity contribution in [3.05, 3.63) is 35.4 Å². The second-order valence-electron chi connectivity index (χ2n) is 5.02. The maximum Gasteiger partial charge on any atom is 0.328 e. The van der Waals surface area contributed by atoms with Crippen LogP contribution in [-0.2, 0) is 9.53 Å². The molecule has 0 aliphatic carbocycles. The van der Waals surface area contributed by atoms with Gasteiger partial charge in [-0.2, -0.15) is 0 Å². The lowest BCUT2D eigenvalue weighted by Gasteiger charge is -2.16. The fourth-order valence-electron chi connectivity index (χ4n) is 2.08. The van der Waals surface area contributed by atoms with Gasteiger partial charge in [-0.05, 0) is 18.6 Å². The molecule has 4 nitrogen and oxygen atoms in total. The maximum atomic E-state index is 13.6. The number of benzene rings is 1. The van der Waals surface area contributed by atoms with Crippen molar-refractivity contribution >= 4 is 11.9 Å². The third-order valence-corrected chi connectivity index (χ3v) is 3.31. The van der Waals surface area contributed by atoms with Crippen LogP contribution in [0.2, 0.25) is 0 Å². The molecule has 0 fully saturated rings. The minimum absolute atomic E-state index is 0.302. The first kappa shape index (κ1) is 18.1. The van der Waals surface area contributed by atoms with Gasteiger partial charge in [0, 0.05) is 6.07 Å². The Morgan fingerprint density at radius 3 is 2.55 bits per heavy atom. The van der Waals surface area contributed by atoms with Crippen molar-refractivity contribution in [3.8, 4) is 0 Å². The van der Waals surface area contributed by atoms with E-state index in [1.54, 1.807) is 0 Å². The lowest BCUT2D eigenvalue weighted by molar-refractivity contribution is -0.143. The number of nitrogens with one attached hydrogen (secondary N) is 1. The zero-order chi connectivity index (χ0) is 16.5. The van der Waals surface area contributed by atoms with Gasteiger partial charge in [0.05, 0.1) is 12.7 Å². The first-order valence-corrected chi connectivity index (χ1v) is 7.33. The minimum atomic E-state index is -0.966. The summed E-state index contributed by atoms with van der Waals surface area (Å²) >= 11 is 0. The van der Waals surface area contributed by atoms with Gasteiger partial charge >= 0.3 is 5.97 Å². The number of carbonyl (C=O) groups is 2. The van der Waals surface area contributed by atoms with E-state index in [4.69, 9.17) is 0 Å². The summed E-state index contributed by atoms with van der Waals surface area (Å²) in [6, 6.07) is 1.83. The summed E-state index contributed by atoms with van der Waals surface area (Å²) in [5.74, 6) is -3.07. The Bertz CT molecular complexity index is 520. The highest BCUT2D eigenvalue weighted by Gasteiger charge is 2.23. The van der Waals surface area contributed by atoms with E-state index < -0.39 is 29.6 Å². The van der Waals surface area contributed by atoms with Crippen LogP contribution < -0.4 is 5.32 Å². The number of halogens is 2.